The van der Waals surface area contributed by atoms with E-state index in [-0.39, 0.29) is 5.92 Å². The van der Waals surface area contributed by atoms with Gasteiger partial charge in [0.15, 0.2) is 0 Å². The first-order valence-electron chi connectivity index (χ1n) is 6.97. The third kappa shape index (κ3) is 4.54. The molecule has 120 valence electrons. The molecule has 2 rings (SSSR count). The van der Waals surface area contributed by atoms with E-state index in [1.807, 2.05) is 38.1 Å². The molecule has 0 bridgehead atoms. The molecule has 8 heteroatoms. The molecule has 1 amide bonds. The summed E-state index contributed by atoms with van der Waals surface area (Å²) in [4.78, 5) is 19.5. The van der Waals surface area contributed by atoms with Gasteiger partial charge < -0.3 is 4.98 Å². The van der Waals surface area contributed by atoms with E-state index >= 15 is 0 Å². The van der Waals surface area contributed by atoms with Crippen molar-refractivity contribution in [1.29, 1.82) is 0 Å². The van der Waals surface area contributed by atoms with Gasteiger partial charge in [-0.05, 0) is 24.5 Å². The number of fused-ring (bicyclic) bond motifs is 1. The van der Waals surface area contributed by atoms with Gasteiger partial charge in [-0.25, -0.2) is 18.1 Å². The quantitative estimate of drug-likeness (QED) is 0.748. The van der Waals surface area contributed by atoms with Crippen LogP contribution in [0.3, 0.4) is 0 Å². The Bertz CT molecular complexity index is 734. The smallest absolute Gasteiger partial charge is 0.244 e. The van der Waals surface area contributed by atoms with E-state index in [1.165, 1.54) is 0 Å². The van der Waals surface area contributed by atoms with Crippen LogP contribution in [0.15, 0.2) is 24.3 Å². The fourth-order valence-electron chi connectivity index (χ4n) is 2.15. The van der Waals surface area contributed by atoms with Crippen LogP contribution in [0.25, 0.3) is 11.0 Å². The number of benzene rings is 1. The number of aromatic amines is 1. The van der Waals surface area contributed by atoms with Crippen molar-refractivity contribution in [2.45, 2.75) is 26.3 Å². The standard InChI is InChI=1S/C14H20N4O3S/c1-9(2)8-12(18-22(3,20)21)13(19)17-14-15-10-6-4-5-7-11(10)16-14/h4-7,9,12,18H,8H2,1-3H3,(H2,15,16,17,19)/t12-/m1/s1. The van der Waals surface area contributed by atoms with E-state index < -0.39 is 22.0 Å². The molecule has 1 atom stereocenters. The molecule has 0 saturated heterocycles. The van der Waals surface area contributed by atoms with Crippen molar-refractivity contribution in [3.8, 4) is 0 Å². The second-order valence-electron chi connectivity index (χ2n) is 5.66. The van der Waals surface area contributed by atoms with Crippen LogP contribution in [0, 0.1) is 5.92 Å². The van der Waals surface area contributed by atoms with Crippen LogP contribution in [0.5, 0.6) is 0 Å². The molecule has 0 aliphatic carbocycles. The summed E-state index contributed by atoms with van der Waals surface area (Å²) < 4.78 is 25.2. The average molecular weight is 324 g/mol. The van der Waals surface area contributed by atoms with Gasteiger partial charge >= 0.3 is 0 Å². The summed E-state index contributed by atoms with van der Waals surface area (Å²) in [6.45, 7) is 3.84. The van der Waals surface area contributed by atoms with Crippen molar-refractivity contribution in [3.63, 3.8) is 0 Å². The number of aromatic nitrogens is 2. The second kappa shape index (κ2) is 6.45. The highest BCUT2D eigenvalue weighted by molar-refractivity contribution is 7.88. The third-order valence-corrected chi connectivity index (χ3v) is 3.72. The number of carbonyl (C=O) groups is 1. The van der Waals surface area contributed by atoms with Crippen molar-refractivity contribution < 1.29 is 13.2 Å². The monoisotopic (exact) mass is 324 g/mol. The maximum Gasteiger partial charge on any atom is 0.244 e. The highest BCUT2D eigenvalue weighted by Gasteiger charge is 2.24. The summed E-state index contributed by atoms with van der Waals surface area (Å²) in [5.74, 6) is 0.0362. The molecule has 0 saturated carbocycles. The minimum atomic E-state index is -3.47. The van der Waals surface area contributed by atoms with Crippen LogP contribution < -0.4 is 10.0 Å². The average Bonchev–Trinajstić information content (AvgIpc) is 2.77. The van der Waals surface area contributed by atoms with Crippen LogP contribution in [0.4, 0.5) is 5.95 Å². The Kier molecular flexibility index (Phi) is 4.82. The maximum absolute atomic E-state index is 12.3. The van der Waals surface area contributed by atoms with Crippen molar-refractivity contribution in [2.75, 3.05) is 11.6 Å². The lowest BCUT2D eigenvalue weighted by atomic mass is 10.0. The first-order valence-corrected chi connectivity index (χ1v) is 8.86. The molecule has 1 aromatic carbocycles. The SMILES string of the molecule is CC(C)C[C@@H](NS(C)(=O)=O)C(=O)Nc1nc2ccccc2[nH]1. The number of sulfonamides is 1. The summed E-state index contributed by atoms with van der Waals surface area (Å²) in [6, 6.07) is 6.55. The summed E-state index contributed by atoms with van der Waals surface area (Å²) in [5.41, 5.74) is 1.53. The Morgan fingerprint density at radius 1 is 1.32 bits per heavy atom. The molecule has 22 heavy (non-hydrogen) atoms. The van der Waals surface area contributed by atoms with E-state index in [4.69, 9.17) is 0 Å². The van der Waals surface area contributed by atoms with E-state index in [0.29, 0.717) is 12.4 Å². The van der Waals surface area contributed by atoms with Crippen LogP contribution in [0.1, 0.15) is 20.3 Å². The molecule has 0 fully saturated rings. The van der Waals surface area contributed by atoms with E-state index in [2.05, 4.69) is 20.0 Å². The number of anilines is 1. The molecule has 0 radical (unpaired) electrons. The van der Waals surface area contributed by atoms with Crippen molar-refractivity contribution in [1.82, 2.24) is 14.7 Å². The van der Waals surface area contributed by atoms with Crippen LogP contribution in [-0.4, -0.2) is 36.6 Å². The molecular weight excluding hydrogens is 304 g/mol. The molecule has 1 heterocycles. The number of H-pyrrole nitrogens is 1. The Hall–Kier alpha value is -1.93. The first-order chi connectivity index (χ1) is 10.2. The lowest BCUT2D eigenvalue weighted by Crippen LogP contribution is -2.44. The number of nitrogens with one attached hydrogen (secondary N) is 3. The maximum atomic E-state index is 12.3. The fourth-order valence-corrected chi connectivity index (χ4v) is 2.87. The number of rotatable bonds is 6. The van der Waals surface area contributed by atoms with E-state index in [1.54, 1.807) is 0 Å². The van der Waals surface area contributed by atoms with Gasteiger partial charge in [-0.2, -0.15) is 0 Å². The van der Waals surface area contributed by atoms with Crippen molar-refractivity contribution >= 4 is 32.9 Å². The fraction of sp³-hybridized carbons (Fsp3) is 0.429. The summed E-state index contributed by atoms with van der Waals surface area (Å²) in [5, 5.41) is 2.63. The number of imidazole rings is 1. The Morgan fingerprint density at radius 3 is 2.59 bits per heavy atom. The third-order valence-electron chi connectivity index (χ3n) is 3.01. The van der Waals surface area contributed by atoms with Gasteiger partial charge in [0, 0.05) is 0 Å². The zero-order valence-electron chi connectivity index (χ0n) is 12.8. The zero-order chi connectivity index (χ0) is 16.3. The van der Waals surface area contributed by atoms with Crippen LogP contribution >= 0.6 is 0 Å². The molecule has 0 spiro atoms. The lowest BCUT2D eigenvalue weighted by molar-refractivity contribution is -0.118. The first kappa shape index (κ1) is 16.4. The molecule has 0 aliphatic rings. The van der Waals surface area contributed by atoms with Gasteiger partial charge in [-0.15, -0.1) is 0 Å². The molecule has 3 N–H and O–H groups in total. The largest absolute Gasteiger partial charge is 0.324 e. The number of amides is 1. The summed E-state index contributed by atoms with van der Waals surface area (Å²) >= 11 is 0. The minimum Gasteiger partial charge on any atom is -0.324 e. The number of nitrogens with zero attached hydrogens (tertiary/aromatic N) is 1. The number of carbonyl (C=O) groups excluding carboxylic acids is 1. The minimum absolute atomic E-state index is 0.167. The van der Waals surface area contributed by atoms with Crippen molar-refractivity contribution in [2.24, 2.45) is 5.92 Å². The van der Waals surface area contributed by atoms with Crippen LogP contribution in [0.2, 0.25) is 0 Å². The normalized spacial score (nSPS) is 13.5. The predicted octanol–water partition coefficient (Wildman–Crippen LogP) is 1.47. The van der Waals surface area contributed by atoms with E-state index in [9.17, 15) is 13.2 Å². The van der Waals surface area contributed by atoms with Gasteiger partial charge in [0.05, 0.1) is 17.3 Å². The zero-order valence-corrected chi connectivity index (χ0v) is 13.6. The van der Waals surface area contributed by atoms with Crippen LogP contribution in [-0.2, 0) is 14.8 Å². The number of hydrogen-bond acceptors (Lipinski definition) is 4. The van der Waals surface area contributed by atoms with E-state index in [0.717, 1.165) is 17.3 Å². The van der Waals surface area contributed by atoms with Gasteiger partial charge in [0.25, 0.3) is 0 Å². The van der Waals surface area contributed by atoms with Gasteiger partial charge in [-0.1, -0.05) is 26.0 Å². The van der Waals surface area contributed by atoms with Gasteiger partial charge in [0.2, 0.25) is 21.9 Å². The molecule has 1 aromatic heterocycles. The topological polar surface area (TPSA) is 104 Å². The molecule has 2 aromatic rings. The van der Waals surface area contributed by atoms with Gasteiger partial charge in [0.1, 0.15) is 6.04 Å². The predicted molar refractivity (Wildman–Crippen MR) is 85.9 cm³/mol. The second-order valence-corrected chi connectivity index (χ2v) is 7.44. The molecule has 0 aliphatic heterocycles. The number of hydrogen-bond donors (Lipinski definition) is 3. The Balaban J connectivity index is 2.15. The highest BCUT2D eigenvalue weighted by atomic mass is 32.2. The summed E-state index contributed by atoms with van der Waals surface area (Å²) in [7, 11) is -3.47. The molecular formula is C14H20N4O3S. The highest BCUT2D eigenvalue weighted by Crippen LogP contribution is 2.14. The molecule has 7 nitrogen and oxygen atoms in total. The van der Waals surface area contributed by atoms with Crippen molar-refractivity contribution in [3.05, 3.63) is 24.3 Å². The Morgan fingerprint density at radius 2 is 2.00 bits per heavy atom. The number of para-hydroxylation sites is 2. The lowest BCUT2D eigenvalue weighted by Gasteiger charge is -2.18. The van der Waals surface area contributed by atoms with Gasteiger partial charge in [-0.3, -0.25) is 10.1 Å². The summed E-state index contributed by atoms with van der Waals surface area (Å²) in [6.07, 6.45) is 1.44. The molecule has 0 unspecified atom stereocenters. The Labute approximate surface area is 129 Å².